The number of nitrogens with zero attached hydrogens (tertiary/aromatic N) is 3. The zero-order valence-electron chi connectivity index (χ0n) is 17.9. The van der Waals surface area contributed by atoms with Crippen LogP contribution in [0, 0.1) is 5.82 Å². The zero-order valence-corrected chi connectivity index (χ0v) is 17.9. The topological polar surface area (TPSA) is 81.6 Å². The van der Waals surface area contributed by atoms with Gasteiger partial charge in [-0.25, -0.2) is 4.39 Å². The summed E-state index contributed by atoms with van der Waals surface area (Å²) in [6.07, 6.45) is 4.65. The van der Waals surface area contributed by atoms with Crippen LogP contribution < -0.4 is 4.74 Å². The summed E-state index contributed by atoms with van der Waals surface area (Å²) in [7, 11) is 0. The molecule has 1 aliphatic rings. The molecule has 1 saturated heterocycles. The minimum atomic E-state index is -0.315. The second-order valence-electron chi connectivity index (χ2n) is 7.94. The second kappa shape index (κ2) is 8.90. The molecule has 5 rings (SSSR count). The van der Waals surface area contributed by atoms with Crippen LogP contribution in [0.25, 0.3) is 22.4 Å². The summed E-state index contributed by atoms with van der Waals surface area (Å²) in [6, 6.07) is 11.3. The van der Waals surface area contributed by atoms with Crippen molar-refractivity contribution in [2.24, 2.45) is 0 Å². The summed E-state index contributed by atoms with van der Waals surface area (Å²) in [5.41, 5.74) is 1.82. The Morgan fingerprint density at radius 3 is 2.76 bits per heavy atom. The normalized spacial score (nSPS) is 14.5. The standard InChI is InChI=1S/C25H22FN3O4/c1-2-12-31-21-14-18(15-22-20(21)9-13-32-22)25(30)29-10-7-17(8-11-29)24-27-23(28-33-24)16-3-5-19(26)6-4-16/h2-6,9,13-15,17H,1,7-8,10-12H2. The van der Waals surface area contributed by atoms with Crippen LogP contribution >= 0.6 is 0 Å². The van der Waals surface area contributed by atoms with E-state index in [0.29, 0.717) is 66.7 Å². The number of carbonyl (C=O) groups excluding carboxylic acids is 1. The Labute approximate surface area is 189 Å². The van der Waals surface area contributed by atoms with Gasteiger partial charge in [0.05, 0.1) is 11.6 Å². The quantitative estimate of drug-likeness (QED) is 0.378. The molecule has 0 N–H and O–H groups in total. The van der Waals surface area contributed by atoms with E-state index in [9.17, 15) is 9.18 Å². The highest BCUT2D eigenvalue weighted by molar-refractivity contribution is 5.99. The number of rotatable bonds is 6. The molecule has 0 saturated carbocycles. The van der Waals surface area contributed by atoms with Gasteiger partial charge in [0.1, 0.15) is 23.8 Å². The lowest BCUT2D eigenvalue weighted by atomic mass is 9.96. The van der Waals surface area contributed by atoms with Crippen molar-refractivity contribution < 1.29 is 22.9 Å². The molecule has 33 heavy (non-hydrogen) atoms. The van der Waals surface area contributed by atoms with E-state index in [4.69, 9.17) is 13.7 Å². The van der Waals surface area contributed by atoms with E-state index in [-0.39, 0.29) is 17.6 Å². The van der Waals surface area contributed by atoms with Crippen molar-refractivity contribution in [3.63, 3.8) is 0 Å². The van der Waals surface area contributed by atoms with Crippen LogP contribution in [-0.4, -0.2) is 40.6 Å². The molecule has 2 aromatic carbocycles. The van der Waals surface area contributed by atoms with E-state index >= 15 is 0 Å². The highest BCUT2D eigenvalue weighted by atomic mass is 19.1. The molecule has 0 atom stereocenters. The van der Waals surface area contributed by atoms with Crippen molar-refractivity contribution in [2.45, 2.75) is 18.8 Å². The number of benzene rings is 2. The number of hydrogen-bond donors (Lipinski definition) is 0. The largest absolute Gasteiger partial charge is 0.489 e. The first kappa shape index (κ1) is 20.9. The molecule has 7 nitrogen and oxygen atoms in total. The third-order valence-electron chi connectivity index (χ3n) is 5.81. The number of hydrogen-bond acceptors (Lipinski definition) is 6. The van der Waals surface area contributed by atoms with Gasteiger partial charge in [-0.15, -0.1) is 0 Å². The van der Waals surface area contributed by atoms with Crippen LogP contribution in [0.4, 0.5) is 4.39 Å². The van der Waals surface area contributed by atoms with E-state index in [1.165, 1.54) is 12.1 Å². The van der Waals surface area contributed by atoms with Crippen LogP contribution in [0.3, 0.4) is 0 Å². The van der Waals surface area contributed by atoms with Crippen molar-refractivity contribution >= 4 is 16.9 Å². The number of fused-ring (bicyclic) bond motifs is 1. The smallest absolute Gasteiger partial charge is 0.254 e. The third-order valence-corrected chi connectivity index (χ3v) is 5.81. The van der Waals surface area contributed by atoms with Crippen molar-refractivity contribution in [3.05, 3.63) is 78.7 Å². The van der Waals surface area contributed by atoms with Gasteiger partial charge in [0.15, 0.2) is 0 Å². The van der Waals surface area contributed by atoms with Crippen molar-refractivity contribution in [3.8, 4) is 17.1 Å². The minimum absolute atomic E-state index is 0.0646. The molecule has 0 spiro atoms. The van der Waals surface area contributed by atoms with E-state index < -0.39 is 0 Å². The maximum absolute atomic E-state index is 13.2. The Bertz CT molecular complexity index is 1290. The van der Waals surface area contributed by atoms with Crippen LogP contribution in [0.1, 0.15) is 35.0 Å². The Hall–Kier alpha value is -3.94. The maximum Gasteiger partial charge on any atom is 0.254 e. The van der Waals surface area contributed by atoms with Gasteiger partial charge < -0.3 is 18.6 Å². The summed E-state index contributed by atoms with van der Waals surface area (Å²) in [5.74, 6) is 1.24. The first-order chi connectivity index (χ1) is 16.1. The number of carbonyl (C=O) groups is 1. The molecule has 0 radical (unpaired) electrons. The lowest BCUT2D eigenvalue weighted by Crippen LogP contribution is -2.38. The lowest BCUT2D eigenvalue weighted by Gasteiger charge is -2.30. The Morgan fingerprint density at radius 2 is 2.00 bits per heavy atom. The number of halogens is 1. The number of aromatic nitrogens is 2. The number of amides is 1. The average molecular weight is 447 g/mol. The molecule has 3 heterocycles. The molecular formula is C25H22FN3O4. The summed E-state index contributed by atoms with van der Waals surface area (Å²) in [6.45, 7) is 5.15. The monoisotopic (exact) mass is 447 g/mol. The van der Waals surface area contributed by atoms with Gasteiger partial charge in [0.2, 0.25) is 11.7 Å². The van der Waals surface area contributed by atoms with E-state index in [2.05, 4.69) is 16.7 Å². The van der Waals surface area contributed by atoms with E-state index in [1.807, 2.05) is 11.0 Å². The van der Waals surface area contributed by atoms with Crippen molar-refractivity contribution in [2.75, 3.05) is 19.7 Å². The Kier molecular flexibility index (Phi) is 5.64. The molecule has 168 valence electrons. The molecule has 2 aromatic heterocycles. The molecule has 0 aliphatic carbocycles. The van der Waals surface area contributed by atoms with Gasteiger partial charge in [-0.3, -0.25) is 4.79 Å². The van der Waals surface area contributed by atoms with Gasteiger partial charge in [0.25, 0.3) is 5.91 Å². The van der Waals surface area contributed by atoms with Gasteiger partial charge >= 0.3 is 0 Å². The van der Waals surface area contributed by atoms with Gasteiger partial charge in [-0.1, -0.05) is 17.8 Å². The second-order valence-corrected chi connectivity index (χ2v) is 7.94. The summed E-state index contributed by atoms with van der Waals surface area (Å²) < 4.78 is 29.9. The SMILES string of the molecule is C=CCOc1cc(C(=O)N2CCC(c3nc(-c4ccc(F)cc4)no3)CC2)cc2occc12. The predicted molar refractivity (Wildman–Crippen MR) is 119 cm³/mol. The molecular weight excluding hydrogens is 425 g/mol. The fourth-order valence-electron chi connectivity index (χ4n) is 4.06. The lowest BCUT2D eigenvalue weighted by molar-refractivity contribution is 0.0704. The average Bonchev–Trinajstić information content (AvgIpc) is 3.53. The Balaban J connectivity index is 1.27. The molecule has 1 fully saturated rings. The van der Waals surface area contributed by atoms with E-state index in [1.54, 1.807) is 36.6 Å². The van der Waals surface area contributed by atoms with Gasteiger partial charge in [-0.2, -0.15) is 4.98 Å². The van der Waals surface area contributed by atoms with Crippen LogP contribution in [0.2, 0.25) is 0 Å². The number of likely N-dealkylation sites (tertiary alicyclic amines) is 1. The number of ether oxygens (including phenoxy) is 1. The summed E-state index contributed by atoms with van der Waals surface area (Å²) in [5, 5.41) is 4.85. The molecule has 1 amide bonds. The van der Waals surface area contributed by atoms with Crippen LogP contribution in [0.5, 0.6) is 5.75 Å². The number of furan rings is 1. The molecule has 4 aromatic rings. The fourth-order valence-corrected chi connectivity index (χ4v) is 4.06. The maximum atomic E-state index is 13.2. The van der Waals surface area contributed by atoms with Crippen molar-refractivity contribution in [1.29, 1.82) is 0 Å². The van der Waals surface area contributed by atoms with E-state index in [0.717, 1.165) is 5.39 Å². The highest BCUT2D eigenvalue weighted by Gasteiger charge is 2.29. The first-order valence-corrected chi connectivity index (χ1v) is 10.8. The van der Waals surface area contributed by atoms with Crippen LogP contribution in [0.15, 0.2) is 70.3 Å². The molecule has 0 bridgehead atoms. The molecule has 1 aliphatic heterocycles. The predicted octanol–water partition coefficient (Wildman–Crippen LogP) is 5.21. The van der Waals surface area contributed by atoms with Gasteiger partial charge in [0, 0.05) is 30.1 Å². The first-order valence-electron chi connectivity index (χ1n) is 10.8. The summed E-state index contributed by atoms with van der Waals surface area (Å²) >= 11 is 0. The van der Waals surface area contributed by atoms with Gasteiger partial charge in [-0.05, 0) is 55.3 Å². The molecule has 8 heteroatoms. The molecule has 0 unspecified atom stereocenters. The Morgan fingerprint density at radius 1 is 1.21 bits per heavy atom. The minimum Gasteiger partial charge on any atom is -0.489 e. The summed E-state index contributed by atoms with van der Waals surface area (Å²) in [4.78, 5) is 19.5. The zero-order chi connectivity index (χ0) is 22.8. The van der Waals surface area contributed by atoms with Crippen molar-refractivity contribution in [1.82, 2.24) is 15.0 Å². The third kappa shape index (κ3) is 4.24. The number of piperidine rings is 1. The van der Waals surface area contributed by atoms with Crippen LogP contribution in [-0.2, 0) is 0 Å². The highest BCUT2D eigenvalue weighted by Crippen LogP contribution is 2.32. The fraction of sp³-hybridized carbons (Fsp3) is 0.240.